The highest BCUT2D eigenvalue weighted by atomic mass is 32.1. The number of hydrogen-bond donors (Lipinski definition) is 1. The molecule has 2 aromatic heterocycles. The van der Waals surface area contributed by atoms with Crippen LogP contribution in [0.5, 0.6) is 5.75 Å². The molecule has 1 N–H and O–H groups in total. The van der Waals surface area contributed by atoms with Crippen LogP contribution < -0.4 is 15.6 Å². The van der Waals surface area contributed by atoms with Crippen LogP contribution in [0.25, 0.3) is 10.2 Å². The van der Waals surface area contributed by atoms with Crippen molar-refractivity contribution in [3.63, 3.8) is 0 Å². The molecule has 3 rings (SSSR count). The lowest BCUT2D eigenvalue weighted by atomic mass is 10.2. The minimum Gasteiger partial charge on any atom is -0.494 e. The van der Waals surface area contributed by atoms with Crippen LogP contribution in [0, 0.1) is 13.8 Å². The Morgan fingerprint density at radius 2 is 2.00 bits per heavy atom. The van der Waals surface area contributed by atoms with E-state index in [4.69, 9.17) is 4.74 Å². The van der Waals surface area contributed by atoms with Crippen LogP contribution in [0.4, 0.5) is 5.69 Å². The lowest BCUT2D eigenvalue weighted by Gasteiger charge is -2.15. The lowest BCUT2D eigenvalue weighted by molar-refractivity contribution is -0.118. The number of ether oxygens (including phenoxy) is 1. The molecule has 0 aliphatic heterocycles. The van der Waals surface area contributed by atoms with Crippen molar-refractivity contribution < 1.29 is 9.53 Å². The predicted octanol–water partition coefficient (Wildman–Crippen LogP) is 3.67. The molecule has 0 fully saturated rings. The molecule has 0 spiro atoms. The molecular weight excluding hydrogens is 350 g/mol. The summed E-state index contributed by atoms with van der Waals surface area (Å²) < 4.78 is 6.77. The molecular formula is C19H21N3O3S. The van der Waals surface area contributed by atoms with E-state index in [1.807, 2.05) is 20.8 Å². The van der Waals surface area contributed by atoms with Crippen molar-refractivity contribution in [3.8, 4) is 5.75 Å². The summed E-state index contributed by atoms with van der Waals surface area (Å²) in [5, 5.41) is 3.42. The van der Waals surface area contributed by atoms with Gasteiger partial charge in [-0.2, -0.15) is 0 Å². The Labute approximate surface area is 155 Å². The Bertz CT molecular complexity index is 1010. The number of fused-ring (bicyclic) bond motifs is 1. The van der Waals surface area contributed by atoms with Crippen molar-refractivity contribution in [1.29, 1.82) is 0 Å². The molecule has 1 aromatic carbocycles. The molecule has 0 saturated heterocycles. The summed E-state index contributed by atoms with van der Waals surface area (Å²) in [4.78, 5) is 31.5. The van der Waals surface area contributed by atoms with Crippen LogP contribution in [0.3, 0.4) is 0 Å². The number of aryl methyl sites for hydroxylation is 2. The first-order chi connectivity index (χ1) is 12.4. The van der Waals surface area contributed by atoms with E-state index in [2.05, 4.69) is 10.3 Å². The quantitative estimate of drug-likeness (QED) is 0.743. The van der Waals surface area contributed by atoms with E-state index in [0.717, 1.165) is 16.2 Å². The van der Waals surface area contributed by atoms with Crippen LogP contribution in [-0.2, 0) is 4.79 Å². The van der Waals surface area contributed by atoms with Gasteiger partial charge in [-0.1, -0.05) is 0 Å². The first-order valence-electron chi connectivity index (χ1n) is 8.43. The number of hydrogen-bond acceptors (Lipinski definition) is 5. The SMILES string of the molecule is CCOc1ccc(NC(=O)C(C)n2cnc3sc(C)c(C)c3c2=O)cc1. The number of carbonyl (C=O) groups is 1. The summed E-state index contributed by atoms with van der Waals surface area (Å²) in [6.45, 7) is 8.06. The Kier molecular flexibility index (Phi) is 5.08. The molecule has 7 heteroatoms. The molecule has 26 heavy (non-hydrogen) atoms. The maximum atomic E-state index is 12.8. The number of rotatable bonds is 5. The third-order valence-corrected chi connectivity index (χ3v) is 5.46. The number of amides is 1. The van der Waals surface area contributed by atoms with E-state index in [1.54, 1.807) is 31.2 Å². The highest BCUT2D eigenvalue weighted by Crippen LogP contribution is 2.26. The fourth-order valence-electron chi connectivity index (χ4n) is 2.70. The van der Waals surface area contributed by atoms with Gasteiger partial charge in [0, 0.05) is 10.6 Å². The minimum atomic E-state index is -0.675. The molecule has 6 nitrogen and oxygen atoms in total. The first kappa shape index (κ1) is 18.1. The highest BCUT2D eigenvalue weighted by Gasteiger charge is 2.20. The van der Waals surface area contributed by atoms with Gasteiger partial charge < -0.3 is 10.1 Å². The van der Waals surface area contributed by atoms with Gasteiger partial charge in [-0.15, -0.1) is 11.3 Å². The Balaban J connectivity index is 1.84. The van der Waals surface area contributed by atoms with Gasteiger partial charge in [-0.05, 0) is 57.5 Å². The number of nitrogens with one attached hydrogen (secondary N) is 1. The zero-order chi connectivity index (χ0) is 18.8. The average molecular weight is 371 g/mol. The van der Waals surface area contributed by atoms with Gasteiger partial charge in [-0.3, -0.25) is 14.2 Å². The zero-order valence-corrected chi connectivity index (χ0v) is 16.0. The van der Waals surface area contributed by atoms with E-state index in [9.17, 15) is 9.59 Å². The molecule has 1 unspecified atom stereocenters. The van der Waals surface area contributed by atoms with Crippen molar-refractivity contribution in [1.82, 2.24) is 9.55 Å². The molecule has 1 atom stereocenters. The molecule has 0 aliphatic rings. The van der Waals surface area contributed by atoms with Crippen LogP contribution in [0.1, 0.15) is 30.3 Å². The molecule has 0 saturated carbocycles. The van der Waals surface area contributed by atoms with Crippen LogP contribution >= 0.6 is 11.3 Å². The normalized spacial score (nSPS) is 12.2. The van der Waals surface area contributed by atoms with Gasteiger partial charge in [0.1, 0.15) is 16.6 Å². The van der Waals surface area contributed by atoms with Gasteiger partial charge in [0.05, 0.1) is 18.3 Å². The number of thiophene rings is 1. The maximum Gasteiger partial charge on any atom is 0.263 e. The van der Waals surface area contributed by atoms with E-state index in [0.29, 0.717) is 22.5 Å². The second kappa shape index (κ2) is 7.29. The van der Waals surface area contributed by atoms with E-state index in [-0.39, 0.29) is 11.5 Å². The second-order valence-electron chi connectivity index (χ2n) is 6.04. The Hall–Kier alpha value is -2.67. The van der Waals surface area contributed by atoms with Crippen LogP contribution in [0.2, 0.25) is 0 Å². The Morgan fingerprint density at radius 1 is 1.31 bits per heavy atom. The third kappa shape index (κ3) is 3.35. The molecule has 3 aromatic rings. The van der Waals surface area contributed by atoms with Crippen molar-refractivity contribution in [3.05, 3.63) is 51.4 Å². The molecule has 0 bridgehead atoms. The minimum absolute atomic E-state index is 0.189. The summed E-state index contributed by atoms with van der Waals surface area (Å²) in [5.41, 5.74) is 1.39. The van der Waals surface area contributed by atoms with Gasteiger partial charge in [0.25, 0.3) is 5.56 Å². The summed E-state index contributed by atoms with van der Waals surface area (Å²) in [6.07, 6.45) is 1.45. The fraction of sp³-hybridized carbons (Fsp3) is 0.316. The topological polar surface area (TPSA) is 73.2 Å². The third-order valence-electron chi connectivity index (χ3n) is 4.34. The molecule has 2 heterocycles. The van der Waals surface area contributed by atoms with E-state index in [1.165, 1.54) is 22.2 Å². The number of nitrogens with zero attached hydrogens (tertiary/aromatic N) is 2. The molecule has 0 radical (unpaired) electrons. The molecule has 0 aliphatic carbocycles. The monoisotopic (exact) mass is 371 g/mol. The Morgan fingerprint density at radius 3 is 2.65 bits per heavy atom. The second-order valence-corrected chi connectivity index (χ2v) is 7.25. The predicted molar refractivity (Wildman–Crippen MR) is 104 cm³/mol. The van der Waals surface area contributed by atoms with Crippen molar-refractivity contribution in [2.75, 3.05) is 11.9 Å². The van der Waals surface area contributed by atoms with Gasteiger partial charge >= 0.3 is 0 Å². The standard InChI is InChI=1S/C19H21N3O3S/c1-5-25-15-8-6-14(7-9-15)21-17(23)12(3)22-10-20-18-16(19(22)24)11(2)13(4)26-18/h6-10,12H,5H2,1-4H3,(H,21,23). The van der Waals surface area contributed by atoms with Crippen molar-refractivity contribution >= 4 is 33.1 Å². The van der Waals surface area contributed by atoms with Crippen LogP contribution in [0.15, 0.2) is 35.4 Å². The van der Waals surface area contributed by atoms with Crippen LogP contribution in [-0.4, -0.2) is 22.1 Å². The average Bonchev–Trinajstić information content (AvgIpc) is 2.91. The summed E-state index contributed by atoms with van der Waals surface area (Å²) >= 11 is 1.49. The molecule has 1 amide bonds. The molecule has 136 valence electrons. The number of benzene rings is 1. The number of aromatic nitrogens is 2. The number of carbonyl (C=O) groups excluding carboxylic acids is 1. The van der Waals surface area contributed by atoms with Gasteiger partial charge in [0.2, 0.25) is 5.91 Å². The fourth-order valence-corrected chi connectivity index (χ4v) is 3.69. The van der Waals surface area contributed by atoms with Gasteiger partial charge in [-0.25, -0.2) is 4.98 Å². The van der Waals surface area contributed by atoms with Crippen molar-refractivity contribution in [2.45, 2.75) is 33.7 Å². The smallest absolute Gasteiger partial charge is 0.263 e. The van der Waals surface area contributed by atoms with E-state index < -0.39 is 6.04 Å². The summed E-state index contributed by atoms with van der Waals surface area (Å²) in [5.74, 6) is 0.467. The van der Waals surface area contributed by atoms with E-state index >= 15 is 0 Å². The van der Waals surface area contributed by atoms with Crippen molar-refractivity contribution in [2.24, 2.45) is 0 Å². The lowest BCUT2D eigenvalue weighted by Crippen LogP contribution is -2.31. The first-order valence-corrected chi connectivity index (χ1v) is 9.24. The summed E-state index contributed by atoms with van der Waals surface area (Å²) in [6, 6.07) is 6.45. The highest BCUT2D eigenvalue weighted by molar-refractivity contribution is 7.18. The van der Waals surface area contributed by atoms with Gasteiger partial charge in [0.15, 0.2) is 0 Å². The zero-order valence-electron chi connectivity index (χ0n) is 15.2. The maximum absolute atomic E-state index is 12.8. The largest absolute Gasteiger partial charge is 0.494 e. The summed E-state index contributed by atoms with van der Waals surface area (Å²) in [7, 11) is 0. The number of anilines is 1.